The van der Waals surface area contributed by atoms with Gasteiger partial charge in [-0.1, -0.05) is 36.4 Å². The molecule has 0 unspecified atom stereocenters. The van der Waals surface area contributed by atoms with Gasteiger partial charge in [0.2, 0.25) is 18.2 Å². The summed E-state index contributed by atoms with van der Waals surface area (Å²) >= 11 is 0. The molecule has 0 bridgehead atoms. The minimum atomic E-state index is -0.335. The standard InChI is InChI=1S/C19H15FN4O2/c20-16-7-3-1-5-13(16)9-21-18(25)11-24-10-15(19-23-22-12-26-19)14-6-2-4-8-17(14)24/h1-8,10,12H,9,11H2,(H,21,25). The first-order chi connectivity index (χ1) is 12.7. The Morgan fingerprint density at radius 2 is 1.96 bits per heavy atom. The van der Waals surface area contributed by atoms with E-state index < -0.39 is 0 Å². The van der Waals surface area contributed by atoms with Gasteiger partial charge in [-0.3, -0.25) is 4.79 Å². The molecule has 1 amide bonds. The smallest absolute Gasteiger partial charge is 0.249 e. The zero-order valence-corrected chi connectivity index (χ0v) is 13.7. The zero-order chi connectivity index (χ0) is 17.9. The fraction of sp³-hybridized carbons (Fsp3) is 0.105. The summed E-state index contributed by atoms with van der Waals surface area (Å²) in [7, 11) is 0. The summed E-state index contributed by atoms with van der Waals surface area (Å²) in [5, 5.41) is 11.3. The second kappa shape index (κ2) is 6.79. The number of aromatic nitrogens is 3. The molecule has 0 saturated heterocycles. The van der Waals surface area contributed by atoms with Crippen molar-refractivity contribution in [2.75, 3.05) is 0 Å². The van der Waals surface area contributed by atoms with Crippen molar-refractivity contribution in [2.24, 2.45) is 0 Å². The lowest BCUT2D eigenvalue weighted by Crippen LogP contribution is -2.27. The Hall–Kier alpha value is -3.48. The monoisotopic (exact) mass is 350 g/mol. The van der Waals surface area contributed by atoms with Crippen LogP contribution >= 0.6 is 0 Å². The van der Waals surface area contributed by atoms with Gasteiger partial charge in [0.25, 0.3) is 0 Å². The van der Waals surface area contributed by atoms with E-state index in [0.29, 0.717) is 11.5 Å². The fourth-order valence-electron chi connectivity index (χ4n) is 2.88. The van der Waals surface area contributed by atoms with Crippen LogP contribution in [0.1, 0.15) is 5.56 Å². The molecule has 6 nitrogen and oxygen atoms in total. The fourth-order valence-corrected chi connectivity index (χ4v) is 2.88. The van der Waals surface area contributed by atoms with Crippen LogP contribution in [0.3, 0.4) is 0 Å². The number of nitrogens with one attached hydrogen (secondary N) is 1. The predicted octanol–water partition coefficient (Wildman–Crippen LogP) is 3.15. The quantitative estimate of drug-likeness (QED) is 0.600. The summed E-state index contributed by atoms with van der Waals surface area (Å²) in [6.45, 7) is 0.240. The lowest BCUT2D eigenvalue weighted by Gasteiger charge is -2.08. The Labute approximate surface area is 148 Å². The summed E-state index contributed by atoms with van der Waals surface area (Å²) < 4.78 is 20.8. The molecule has 0 fully saturated rings. The molecule has 0 spiro atoms. The van der Waals surface area contributed by atoms with Crippen molar-refractivity contribution in [1.82, 2.24) is 20.1 Å². The molecule has 0 aliphatic rings. The molecule has 7 heteroatoms. The largest absolute Gasteiger partial charge is 0.423 e. The molecule has 0 saturated carbocycles. The van der Waals surface area contributed by atoms with Crippen LogP contribution in [0.25, 0.3) is 22.4 Å². The van der Waals surface area contributed by atoms with Crippen molar-refractivity contribution in [3.63, 3.8) is 0 Å². The molecule has 2 aromatic carbocycles. The summed E-state index contributed by atoms with van der Waals surface area (Å²) in [5.41, 5.74) is 2.09. The molecule has 0 aliphatic carbocycles. The molecule has 0 radical (unpaired) electrons. The van der Waals surface area contributed by atoms with Gasteiger partial charge in [-0.2, -0.15) is 0 Å². The second-order valence-electron chi connectivity index (χ2n) is 5.80. The van der Waals surface area contributed by atoms with Gasteiger partial charge in [0.1, 0.15) is 12.4 Å². The van der Waals surface area contributed by atoms with E-state index in [-0.39, 0.29) is 24.8 Å². The van der Waals surface area contributed by atoms with E-state index in [4.69, 9.17) is 4.42 Å². The van der Waals surface area contributed by atoms with E-state index in [1.165, 1.54) is 12.5 Å². The summed E-state index contributed by atoms with van der Waals surface area (Å²) in [5.74, 6) is -0.157. The van der Waals surface area contributed by atoms with Crippen LogP contribution in [0.4, 0.5) is 4.39 Å². The molecule has 0 atom stereocenters. The molecule has 26 heavy (non-hydrogen) atoms. The highest BCUT2D eigenvalue weighted by Gasteiger charge is 2.15. The van der Waals surface area contributed by atoms with E-state index in [9.17, 15) is 9.18 Å². The minimum Gasteiger partial charge on any atom is -0.423 e. The highest BCUT2D eigenvalue weighted by Crippen LogP contribution is 2.29. The van der Waals surface area contributed by atoms with Gasteiger partial charge in [0.05, 0.1) is 5.56 Å². The van der Waals surface area contributed by atoms with Crippen molar-refractivity contribution in [3.05, 3.63) is 72.5 Å². The van der Waals surface area contributed by atoms with E-state index in [1.54, 1.807) is 24.4 Å². The topological polar surface area (TPSA) is 73.0 Å². The molecule has 2 heterocycles. The highest BCUT2D eigenvalue weighted by molar-refractivity contribution is 5.94. The van der Waals surface area contributed by atoms with Crippen LogP contribution in [-0.4, -0.2) is 20.7 Å². The predicted molar refractivity (Wildman–Crippen MR) is 93.5 cm³/mol. The SMILES string of the molecule is O=C(Cn1cc(-c2nnco2)c2ccccc21)NCc1ccccc1F. The Morgan fingerprint density at radius 3 is 2.77 bits per heavy atom. The average molecular weight is 350 g/mol. The lowest BCUT2D eigenvalue weighted by molar-refractivity contribution is -0.121. The summed E-state index contributed by atoms with van der Waals surface area (Å²) in [6, 6.07) is 14.0. The molecular formula is C19H15FN4O2. The first-order valence-electron chi connectivity index (χ1n) is 8.07. The van der Waals surface area contributed by atoms with Crippen molar-refractivity contribution >= 4 is 16.8 Å². The van der Waals surface area contributed by atoms with Crippen LogP contribution in [-0.2, 0) is 17.9 Å². The highest BCUT2D eigenvalue weighted by atomic mass is 19.1. The zero-order valence-electron chi connectivity index (χ0n) is 13.7. The summed E-state index contributed by atoms with van der Waals surface area (Å²) in [6.07, 6.45) is 3.07. The molecule has 4 rings (SSSR count). The van der Waals surface area contributed by atoms with Crippen molar-refractivity contribution < 1.29 is 13.6 Å². The van der Waals surface area contributed by atoms with E-state index in [1.807, 2.05) is 28.8 Å². The number of nitrogens with zero attached hydrogens (tertiary/aromatic N) is 3. The molecule has 0 aliphatic heterocycles. The molecule has 4 aromatic rings. The Kier molecular flexibility index (Phi) is 4.18. The molecule has 1 N–H and O–H groups in total. The van der Waals surface area contributed by atoms with Gasteiger partial charge >= 0.3 is 0 Å². The normalized spacial score (nSPS) is 11.0. The van der Waals surface area contributed by atoms with Crippen molar-refractivity contribution in [1.29, 1.82) is 0 Å². The average Bonchev–Trinajstić information content (AvgIpc) is 3.29. The van der Waals surface area contributed by atoms with Gasteiger partial charge in [-0.15, -0.1) is 10.2 Å². The van der Waals surface area contributed by atoms with Crippen LogP contribution in [0.2, 0.25) is 0 Å². The van der Waals surface area contributed by atoms with E-state index in [0.717, 1.165) is 16.5 Å². The Bertz CT molecular complexity index is 1060. The molecule has 130 valence electrons. The minimum absolute atomic E-state index is 0.100. The van der Waals surface area contributed by atoms with Crippen LogP contribution in [0, 0.1) is 5.82 Å². The van der Waals surface area contributed by atoms with E-state index in [2.05, 4.69) is 15.5 Å². The third kappa shape index (κ3) is 3.06. The number of amides is 1. The number of hydrogen-bond acceptors (Lipinski definition) is 4. The first-order valence-corrected chi connectivity index (χ1v) is 8.07. The third-order valence-corrected chi connectivity index (χ3v) is 4.13. The van der Waals surface area contributed by atoms with E-state index >= 15 is 0 Å². The van der Waals surface area contributed by atoms with Crippen molar-refractivity contribution in [3.8, 4) is 11.5 Å². The Balaban J connectivity index is 1.56. The number of hydrogen-bond donors (Lipinski definition) is 1. The number of carbonyl (C=O) groups excluding carboxylic acids is 1. The maximum absolute atomic E-state index is 13.7. The van der Waals surface area contributed by atoms with Crippen molar-refractivity contribution in [2.45, 2.75) is 13.1 Å². The van der Waals surface area contributed by atoms with Crippen LogP contribution < -0.4 is 5.32 Å². The maximum Gasteiger partial charge on any atom is 0.249 e. The molecular weight excluding hydrogens is 335 g/mol. The number of para-hydroxylation sites is 1. The summed E-state index contributed by atoms with van der Waals surface area (Å²) in [4.78, 5) is 12.3. The maximum atomic E-state index is 13.7. The second-order valence-corrected chi connectivity index (χ2v) is 5.80. The number of benzene rings is 2. The lowest BCUT2D eigenvalue weighted by atomic mass is 10.2. The third-order valence-electron chi connectivity index (χ3n) is 4.13. The van der Waals surface area contributed by atoms with Crippen LogP contribution in [0.5, 0.6) is 0 Å². The number of fused-ring (bicyclic) bond motifs is 1. The Morgan fingerprint density at radius 1 is 1.15 bits per heavy atom. The van der Waals surface area contributed by atoms with Gasteiger partial charge in [-0.25, -0.2) is 4.39 Å². The first kappa shape index (κ1) is 16.0. The van der Waals surface area contributed by atoms with Gasteiger partial charge in [-0.05, 0) is 12.1 Å². The van der Waals surface area contributed by atoms with Gasteiger partial charge in [0, 0.05) is 29.2 Å². The van der Waals surface area contributed by atoms with Gasteiger partial charge in [0.15, 0.2) is 0 Å². The van der Waals surface area contributed by atoms with Gasteiger partial charge < -0.3 is 14.3 Å². The molecule has 2 aromatic heterocycles. The number of carbonyl (C=O) groups is 1. The number of halogens is 1. The number of rotatable bonds is 5. The van der Waals surface area contributed by atoms with Crippen LogP contribution in [0.15, 0.2) is 65.5 Å².